The molecule has 2 aliphatic heterocycles. The number of nitrogens with one attached hydrogen (secondary N) is 1. The smallest absolute Gasteiger partial charge is 0.236 e. The third kappa shape index (κ3) is 3.62. The molecule has 22 heavy (non-hydrogen) atoms. The monoisotopic (exact) mass is 307 g/mol. The molecule has 3 rings (SSSR count). The highest BCUT2D eigenvalue weighted by Crippen LogP contribution is 2.26. The van der Waals surface area contributed by atoms with Crippen molar-refractivity contribution in [1.29, 1.82) is 0 Å². The summed E-state index contributed by atoms with van der Waals surface area (Å²) in [6.07, 6.45) is 9.15. The maximum absolute atomic E-state index is 12.8. The van der Waals surface area contributed by atoms with Crippen LogP contribution in [0, 0.1) is 5.92 Å². The predicted molar refractivity (Wildman–Crippen MR) is 85.4 cm³/mol. The first-order valence-corrected chi connectivity index (χ1v) is 9.04. The molecule has 0 radical (unpaired) electrons. The van der Waals surface area contributed by atoms with E-state index in [0.29, 0.717) is 12.5 Å². The molecule has 2 saturated heterocycles. The van der Waals surface area contributed by atoms with Gasteiger partial charge in [0.05, 0.1) is 6.54 Å². The van der Waals surface area contributed by atoms with E-state index in [9.17, 15) is 9.59 Å². The Morgan fingerprint density at radius 2 is 1.77 bits per heavy atom. The number of hydrogen-bond acceptors (Lipinski definition) is 3. The average Bonchev–Trinajstić information content (AvgIpc) is 2.84. The zero-order valence-corrected chi connectivity index (χ0v) is 13.6. The fraction of sp³-hybridized carbons (Fsp3) is 0.882. The minimum absolute atomic E-state index is 0.194. The molecule has 1 unspecified atom stereocenters. The summed E-state index contributed by atoms with van der Waals surface area (Å²) in [6, 6.07) is 0.234. The third-order valence-corrected chi connectivity index (χ3v) is 5.48. The largest absolute Gasteiger partial charge is 0.340 e. The summed E-state index contributed by atoms with van der Waals surface area (Å²) in [5, 5.41) is 3.12. The molecule has 3 fully saturated rings. The van der Waals surface area contributed by atoms with E-state index in [0.717, 1.165) is 51.9 Å². The van der Waals surface area contributed by atoms with Gasteiger partial charge in [-0.3, -0.25) is 9.59 Å². The van der Waals surface area contributed by atoms with Crippen LogP contribution in [0.25, 0.3) is 0 Å². The van der Waals surface area contributed by atoms with Gasteiger partial charge in [0.25, 0.3) is 0 Å². The Morgan fingerprint density at radius 1 is 1.00 bits per heavy atom. The van der Waals surface area contributed by atoms with Crippen LogP contribution in [-0.2, 0) is 9.59 Å². The molecule has 5 nitrogen and oxygen atoms in total. The Morgan fingerprint density at radius 3 is 2.50 bits per heavy atom. The molecular formula is C17H29N3O2. The van der Waals surface area contributed by atoms with Gasteiger partial charge in [0.1, 0.15) is 0 Å². The number of piperidine rings is 1. The van der Waals surface area contributed by atoms with Gasteiger partial charge in [-0.1, -0.05) is 25.7 Å². The van der Waals surface area contributed by atoms with Crippen LogP contribution in [0.4, 0.5) is 0 Å². The maximum atomic E-state index is 12.8. The van der Waals surface area contributed by atoms with Gasteiger partial charge in [0.15, 0.2) is 0 Å². The van der Waals surface area contributed by atoms with Gasteiger partial charge in [0, 0.05) is 38.1 Å². The van der Waals surface area contributed by atoms with Gasteiger partial charge in [-0.25, -0.2) is 0 Å². The van der Waals surface area contributed by atoms with Crippen LogP contribution in [0.5, 0.6) is 0 Å². The van der Waals surface area contributed by atoms with Gasteiger partial charge < -0.3 is 15.1 Å². The SMILES string of the molecule is O=C(C1CCCCCC1)N1CCCC(N2CCNCC2=O)C1. The Labute approximate surface area is 133 Å². The van der Waals surface area contributed by atoms with Crippen molar-refractivity contribution in [2.45, 2.75) is 57.4 Å². The number of likely N-dealkylation sites (tertiary alicyclic amines) is 1. The maximum Gasteiger partial charge on any atom is 0.236 e. The van der Waals surface area contributed by atoms with E-state index in [1.165, 1.54) is 25.7 Å². The van der Waals surface area contributed by atoms with Crippen LogP contribution in [0.1, 0.15) is 51.4 Å². The number of amides is 2. The van der Waals surface area contributed by atoms with E-state index >= 15 is 0 Å². The van der Waals surface area contributed by atoms with E-state index in [2.05, 4.69) is 10.2 Å². The fourth-order valence-corrected chi connectivity index (χ4v) is 4.20. The number of nitrogens with zero attached hydrogens (tertiary/aromatic N) is 2. The van der Waals surface area contributed by atoms with Crippen molar-refractivity contribution < 1.29 is 9.59 Å². The van der Waals surface area contributed by atoms with Crippen molar-refractivity contribution in [1.82, 2.24) is 15.1 Å². The van der Waals surface area contributed by atoms with Gasteiger partial charge in [0.2, 0.25) is 11.8 Å². The van der Waals surface area contributed by atoms with E-state index in [1.54, 1.807) is 0 Å². The molecular weight excluding hydrogens is 278 g/mol. The average molecular weight is 307 g/mol. The fourth-order valence-electron chi connectivity index (χ4n) is 4.20. The molecule has 2 amide bonds. The van der Waals surface area contributed by atoms with Crippen LogP contribution in [-0.4, -0.2) is 60.4 Å². The minimum atomic E-state index is 0.194. The van der Waals surface area contributed by atoms with Gasteiger partial charge >= 0.3 is 0 Å². The molecule has 5 heteroatoms. The number of carbonyl (C=O) groups is 2. The molecule has 0 aromatic heterocycles. The lowest BCUT2D eigenvalue weighted by molar-refractivity contribution is -0.143. The van der Waals surface area contributed by atoms with E-state index < -0.39 is 0 Å². The zero-order valence-electron chi connectivity index (χ0n) is 13.6. The van der Waals surface area contributed by atoms with Crippen molar-refractivity contribution in [2.75, 3.05) is 32.7 Å². The molecule has 1 N–H and O–H groups in total. The number of carbonyl (C=O) groups excluding carboxylic acids is 2. The highest BCUT2D eigenvalue weighted by molar-refractivity contribution is 5.80. The van der Waals surface area contributed by atoms with Crippen molar-refractivity contribution in [2.24, 2.45) is 5.92 Å². The highest BCUT2D eigenvalue weighted by atomic mass is 16.2. The zero-order chi connectivity index (χ0) is 15.4. The normalized spacial score (nSPS) is 28.5. The van der Waals surface area contributed by atoms with Crippen LogP contribution in [0.15, 0.2) is 0 Å². The first-order valence-electron chi connectivity index (χ1n) is 9.04. The Balaban J connectivity index is 1.59. The Kier molecular flexibility index (Phi) is 5.34. The van der Waals surface area contributed by atoms with Crippen molar-refractivity contribution in [3.8, 4) is 0 Å². The first kappa shape index (κ1) is 15.8. The summed E-state index contributed by atoms with van der Waals surface area (Å²) in [5.74, 6) is 0.786. The molecule has 124 valence electrons. The Hall–Kier alpha value is -1.10. The van der Waals surface area contributed by atoms with Crippen LogP contribution in [0.2, 0.25) is 0 Å². The molecule has 0 aromatic rings. The highest BCUT2D eigenvalue weighted by Gasteiger charge is 2.33. The molecule has 3 aliphatic rings. The van der Waals surface area contributed by atoms with Crippen molar-refractivity contribution >= 4 is 11.8 Å². The predicted octanol–water partition coefficient (Wildman–Crippen LogP) is 1.38. The molecule has 0 spiro atoms. The summed E-state index contributed by atoms with van der Waals surface area (Å²) in [4.78, 5) is 29.0. The summed E-state index contributed by atoms with van der Waals surface area (Å²) in [7, 11) is 0. The van der Waals surface area contributed by atoms with Gasteiger partial charge in [-0.15, -0.1) is 0 Å². The van der Waals surface area contributed by atoms with Gasteiger partial charge in [-0.05, 0) is 25.7 Å². The second kappa shape index (κ2) is 7.44. The standard InChI is InChI=1S/C17H29N3O2/c21-16-12-18-9-11-20(16)15-8-5-10-19(13-15)17(22)14-6-3-1-2-4-7-14/h14-15,18H,1-13H2. The molecule has 1 atom stereocenters. The van der Waals surface area contributed by atoms with Crippen LogP contribution < -0.4 is 5.32 Å². The van der Waals surface area contributed by atoms with Crippen LogP contribution >= 0.6 is 0 Å². The molecule has 0 aromatic carbocycles. The summed E-state index contributed by atoms with van der Waals surface area (Å²) in [6.45, 7) is 3.74. The summed E-state index contributed by atoms with van der Waals surface area (Å²) < 4.78 is 0. The molecule has 0 bridgehead atoms. The van der Waals surface area contributed by atoms with Crippen molar-refractivity contribution in [3.63, 3.8) is 0 Å². The topological polar surface area (TPSA) is 52.7 Å². The first-order chi connectivity index (χ1) is 10.8. The minimum Gasteiger partial charge on any atom is -0.340 e. The lowest BCUT2D eigenvalue weighted by Gasteiger charge is -2.42. The second-order valence-corrected chi connectivity index (χ2v) is 7.03. The van der Waals surface area contributed by atoms with Gasteiger partial charge in [-0.2, -0.15) is 0 Å². The lowest BCUT2D eigenvalue weighted by Crippen LogP contribution is -2.58. The van der Waals surface area contributed by atoms with E-state index in [-0.39, 0.29) is 17.9 Å². The van der Waals surface area contributed by atoms with Crippen molar-refractivity contribution in [3.05, 3.63) is 0 Å². The number of piperazine rings is 1. The third-order valence-electron chi connectivity index (χ3n) is 5.48. The molecule has 2 heterocycles. The van der Waals surface area contributed by atoms with E-state index in [1.807, 2.05) is 4.90 Å². The summed E-state index contributed by atoms with van der Waals surface area (Å²) in [5.41, 5.74) is 0. The molecule has 1 saturated carbocycles. The Bertz CT molecular complexity index is 405. The van der Waals surface area contributed by atoms with Crippen LogP contribution in [0.3, 0.4) is 0 Å². The second-order valence-electron chi connectivity index (χ2n) is 7.03. The summed E-state index contributed by atoms with van der Waals surface area (Å²) >= 11 is 0. The van der Waals surface area contributed by atoms with E-state index in [4.69, 9.17) is 0 Å². The lowest BCUT2D eigenvalue weighted by atomic mass is 9.96. The number of rotatable bonds is 2. The number of hydrogen-bond donors (Lipinski definition) is 1. The molecule has 1 aliphatic carbocycles. The quantitative estimate of drug-likeness (QED) is 0.784.